The Balaban J connectivity index is 0.575. The standard InChI is InChI=1S/C91H126N10O19S3/c1-13-21-63(94-86(108)71-54-121-88(96-71)81(120-61(9)102)48-73(56(3)4)98(11)89(110)66(59(7)14-2)45-77(105)72-22-16-17-29-97(72)10)43-62-24-25-75(103)70(44-62)95-82(106)26-33-115-38-39-117-35-28-92-87(109)85-84(122-55-123-85)76(104)23-20-30-114-36-37-116-34-27-83(107)101-53-65-41-58(6)52-100(65)91(112)68-42-60(8)78(49-74(68)101)118-31-18-15-19-32-119-80-47-69-67(46-79(80)113-12)90(111)99-51-57(5)40-64(99)50-93-69/h24-25,42,44,46-47,49-50,54,56,59,63-66,72-73,81,84-85,103H,5-6,13-23,26-41,43,45,48,51-53,55H2,1-4,7-12H3,(H,92,109)(H,94,108)(H,95,106)/t59-,63+,64-,65-,66-,72+,73+,81+,84?,85?/m0/s1. The van der Waals surface area contributed by atoms with Crippen LogP contribution in [-0.4, -0.2) is 261 Å². The van der Waals surface area contributed by atoms with Crippen molar-refractivity contribution < 1.29 is 90.9 Å². The number of aryl methyl sites for hydroxylation is 1. The first-order chi connectivity index (χ1) is 59.1. The van der Waals surface area contributed by atoms with Gasteiger partial charge >= 0.3 is 5.97 Å². The number of fused-ring (bicyclic) bond motifs is 4. The smallest absolute Gasteiger partial charge is 0.303 e. The highest BCUT2D eigenvalue weighted by atomic mass is 32.2. The van der Waals surface area contributed by atoms with E-state index in [1.807, 2.05) is 54.7 Å². The van der Waals surface area contributed by atoms with Gasteiger partial charge in [0.15, 0.2) is 23.4 Å². The quantitative estimate of drug-likeness (QED) is 0.0138. The maximum atomic E-state index is 14.5. The monoisotopic (exact) mass is 1760 g/mol. The molecule has 4 fully saturated rings. The molecule has 1 aromatic heterocycles. The first kappa shape index (κ1) is 96.5. The largest absolute Gasteiger partial charge is 0.506 e. The molecular weight excluding hydrogens is 1630 g/mol. The van der Waals surface area contributed by atoms with E-state index in [1.165, 1.54) is 47.9 Å². The lowest BCUT2D eigenvalue weighted by Crippen LogP contribution is -2.48. The summed E-state index contributed by atoms with van der Waals surface area (Å²) in [6.07, 6.45) is 10.8. The summed E-state index contributed by atoms with van der Waals surface area (Å²) in [4.78, 5) is 155. The van der Waals surface area contributed by atoms with Crippen LogP contribution >= 0.6 is 34.9 Å². The molecule has 4 saturated heterocycles. The minimum atomic E-state index is -0.859. The van der Waals surface area contributed by atoms with Gasteiger partial charge in [-0.05, 0) is 132 Å². The van der Waals surface area contributed by atoms with Gasteiger partial charge in [0.1, 0.15) is 33.2 Å². The lowest BCUT2D eigenvalue weighted by Gasteiger charge is -2.37. The van der Waals surface area contributed by atoms with Crippen LogP contribution in [0.2, 0.25) is 0 Å². The summed E-state index contributed by atoms with van der Waals surface area (Å²) in [6, 6.07) is 10.7. The van der Waals surface area contributed by atoms with Gasteiger partial charge in [-0.15, -0.1) is 34.9 Å². The number of ether oxygens (including phenoxy) is 8. The number of likely N-dealkylation sites (tertiary alicyclic amines) is 1. The Kier molecular flexibility index (Phi) is 37.3. The van der Waals surface area contributed by atoms with Crippen LogP contribution in [0.5, 0.6) is 23.0 Å². The number of aromatic nitrogens is 1. The number of Topliss-reactive ketones (excluding diaryl/α,β-unsaturated/α-hetero) is 2. The minimum Gasteiger partial charge on any atom is -0.506 e. The van der Waals surface area contributed by atoms with Gasteiger partial charge in [0.2, 0.25) is 23.6 Å². The molecule has 4 N–H and O–H groups in total. The molecule has 0 bridgehead atoms. The summed E-state index contributed by atoms with van der Waals surface area (Å²) in [6.45, 7) is 26.1. The number of amides is 7. The van der Waals surface area contributed by atoms with Crippen LogP contribution in [0.25, 0.3) is 0 Å². The van der Waals surface area contributed by atoms with Crippen molar-refractivity contribution in [1.29, 1.82) is 0 Å². The van der Waals surface area contributed by atoms with Gasteiger partial charge in [-0.1, -0.05) is 84.3 Å². The summed E-state index contributed by atoms with van der Waals surface area (Å²) >= 11 is 4.07. The zero-order valence-corrected chi connectivity index (χ0v) is 75.6. The normalized spacial score (nSPS) is 19.4. The number of hydrogen-bond donors (Lipinski definition) is 4. The number of carbonyl (C=O) groups excluding carboxylic acids is 10. The molecule has 3 aromatic carbocycles. The number of carbonyl (C=O) groups is 10. The number of phenolic OH excluding ortho intramolecular Hbond substituents is 1. The van der Waals surface area contributed by atoms with E-state index in [0.717, 1.165) is 80.2 Å². The Morgan fingerprint density at radius 2 is 1.46 bits per heavy atom. The van der Waals surface area contributed by atoms with Gasteiger partial charge in [-0.25, -0.2) is 4.98 Å². The number of nitrogens with zero attached hydrogens (tertiary/aromatic N) is 7. The molecule has 29 nitrogen and oxygen atoms in total. The van der Waals surface area contributed by atoms with E-state index in [0.29, 0.717) is 121 Å². The number of nitrogens with one attached hydrogen (secondary N) is 3. The predicted molar refractivity (Wildman–Crippen MR) is 476 cm³/mol. The molecule has 2 unspecified atom stereocenters. The Morgan fingerprint density at radius 3 is 2.17 bits per heavy atom. The van der Waals surface area contributed by atoms with E-state index in [4.69, 9.17) is 42.9 Å². The number of rotatable bonds is 49. The predicted octanol–water partition coefficient (Wildman–Crippen LogP) is 12.2. The molecule has 32 heteroatoms. The van der Waals surface area contributed by atoms with Crippen molar-refractivity contribution in [1.82, 2.24) is 35.2 Å². The lowest BCUT2D eigenvalue weighted by atomic mass is 9.83. The van der Waals surface area contributed by atoms with E-state index in [2.05, 4.69) is 39.0 Å². The number of aromatic hydroxyl groups is 1. The van der Waals surface area contributed by atoms with Crippen molar-refractivity contribution in [3.63, 3.8) is 0 Å². The molecule has 7 amide bonds. The molecule has 6 aliphatic heterocycles. The molecule has 672 valence electrons. The highest BCUT2D eigenvalue weighted by Gasteiger charge is 2.43. The van der Waals surface area contributed by atoms with Gasteiger partial charge < -0.3 is 78.6 Å². The lowest BCUT2D eigenvalue weighted by molar-refractivity contribution is -0.149. The summed E-state index contributed by atoms with van der Waals surface area (Å²) in [5, 5.41) is 21.1. The third kappa shape index (κ3) is 26.9. The minimum absolute atomic E-state index is 0.0155. The summed E-state index contributed by atoms with van der Waals surface area (Å²) in [5.74, 6) is -1.31. The Labute approximate surface area is 736 Å². The first-order valence-electron chi connectivity index (χ1n) is 43.5. The fourth-order valence-electron chi connectivity index (χ4n) is 16.6. The average Bonchev–Trinajstić information content (AvgIpc) is 1.63. The van der Waals surface area contributed by atoms with Crippen molar-refractivity contribution >= 4 is 117 Å². The Bertz CT molecular complexity index is 4410. The molecule has 0 radical (unpaired) electrons. The van der Waals surface area contributed by atoms with Crippen molar-refractivity contribution in [3.8, 4) is 23.0 Å². The number of methoxy groups -OCH3 is 1. The fourth-order valence-corrected chi connectivity index (χ4v) is 20.5. The van der Waals surface area contributed by atoms with Crippen LogP contribution < -0.4 is 35.1 Å². The maximum Gasteiger partial charge on any atom is 0.303 e. The maximum absolute atomic E-state index is 14.5. The van der Waals surface area contributed by atoms with Crippen molar-refractivity contribution in [2.75, 3.05) is 135 Å². The molecule has 0 aliphatic carbocycles. The molecule has 0 saturated carbocycles. The van der Waals surface area contributed by atoms with Gasteiger partial charge in [0, 0.05) is 113 Å². The zero-order chi connectivity index (χ0) is 88.4. The number of unbranched alkanes of at least 4 members (excludes halogenated alkanes) is 2. The van der Waals surface area contributed by atoms with Gasteiger partial charge in [-0.3, -0.25) is 57.8 Å². The SMILES string of the molecule is C=C1C[C@H]2CN(C(=O)CCOCCOCCCC(=O)C3SCSC3C(=O)NCCOCCOCCC(=O)Nc3cc(C[C@@H](CCC)NC(=O)c4csc([C@@H](C[C@H](C(C)C)N(C)C(=O)[C@@H](CC(=O)[C@H]5CCCCN5C)[C@@H](C)CC)OC(C)=O)n4)ccc3O)c3cc(OCCCCCOc4cc5c(cc4OC)C(=O)N4CC(=C)C[C@H]4C=N5)c(C)cc3C(=O)N2C1. The average molecular weight is 1760 g/mol. The van der Waals surface area contributed by atoms with Crippen LogP contribution in [0.4, 0.5) is 17.1 Å². The molecule has 6 aliphatic rings. The molecular formula is C91H126N10O19S3. The number of likely N-dealkylation sites (N-methyl/N-ethyl adjacent to an activating group) is 1. The fraction of sp³-hybridized carbons (Fsp3) is 0.604. The summed E-state index contributed by atoms with van der Waals surface area (Å²) in [7, 11) is 5.28. The van der Waals surface area contributed by atoms with E-state index in [1.54, 1.807) is 75.7 Å². The number of esters is 1. The van der Waals surface area contributed by atoms with Gasteiger partial charge in [0.05, 0.1) is 131 Å². The second kappa shape index (κ2) is 47.5. The third-order valence-corrected chi connectivity index (χ3v) is 27.5. The number of hydrogen-bond acceptors (Lipinski definition) is 25. The molecule has 4 aromatic rings. The number of benzene rings is 3. The van der Waals surface area contributed by atoms with Gasteiger partial charge in [0.25, 0.3) is 17.7 Å². The number of ketones is 2. The van der Waals surface area contributed by atoms with Crippen LogP contribution in [0.1, 0.15) is 204 Å². The van der Waals surface area contributed by atoms with Crippen molar-refractivity contribution in [3.05, 3.63) is 105 Å². The second-order valence-corrected chi connectivity index (χ2v) is 36.7. The molecule has 10 rings (SSSR count). The summed E-state index contributed by atoms with van der Waals surface area (Å²) in [5.41, 5.74) is 5.73. The number of anilines is 2. The zero-order valence-electron chi connectivity index (χ0n) is 73.2. The van der Waals surface area contributed by atoms with E-state index >= 15 is 0 Å². The van der Waals surface area contributed by atoms with Crippen LogP contribution in [-0.2, 0) is 63.7 Å². The number of thioether (sulfide) groups is 2. The van der Waals surface area contributed by atoms with Crippen LogP contribution in [0, 0.1) is 24.7 Å². The Morgan fingerprint density at radius 1 is 0.756 bits per heavy atom. The first-order valence-corrected chi connectivity index (χ1v) is 46.4. The third-order valence-electron chi connectivity index (χ3n) is 23.6. The molecule has 10 atom stereocenters. The van der Waals surface area contributed by atoms with E-state index in [9.17, 15) is 53.1 Å². The van der Waals surface area contributed by atoms with Gasteiger partial charge in [-0.2, -0.15) is 0 Å². The molecule has 0 spiro atoms. The Hall–Kier alpha value is -8.76. The van der Waals surface area contributed by atoms with Crippen molar-refractivity contribution in [2.24, 2.45) is 22.7 Å². The van der Waals surface area contributed by atoms with E-state index in [-0.39, 0.29) is 179 Å². The number of aliphatic imine (C=N–C) groups is 1. The number of thiazole rings is 1. The highest BCUT2D eigenvalue weighted by Crippen LogP contribution is 2.43. The topological polar surface area (TPSA) is 342 Å². The molecule has 7 heterocycles. The number of phenols is 1. The van der Waals surface area contributed by atoms with E-state index < -0.39 is 46.3 Å². The molecule has 123 heavy (non-hydrogen) atoms. The van der Waals surface area contributed by atoms with Crippen LogP contribution in [0.3, 0.4) is 0 Å². The van der Waals surface area contributed by atoms with Crippen molar-refractivity contribution in [2.45, 2.75) is 211 Å². The summed E-state index contributed by atoms with van der Waals surface area (Å²) < 4.78 is 47.0. The highest BCUT2D eigenvalue weighted by molar-refractivity contribution is 8.20. The number of piperidine rings is 1. The van der Waals surface area contributed by atoms with Crippen LogP contribution in [0.15, 0.2) is 77.1 Å². The second-order valence-electron chi connectivity index (χ2n) is 33.2.